The number of rotatable bonds is 5. The van der Waals surface area contributed by atoms with Gasteiger partial charge in [-0.2, -0.15) is 0 Å². The molecule has 0 bridgehead atoms. The number of pyridine rings is 1. The number of aryl methyl sites for hydroxylation is 1. The fourth-order valence-electron chi connectivity index (χ4n) is 4.30. The van der Waals surface area contributed by atoms with E-state index in [1.165, 1.54) is 12.0 Å². The van der Waals surface area contributed by atoms with Gasteiger partial charge >= 0.3 is 5.97 Å². The third-order valence-corrected chi connectivity index (χ3v) is 6.08. The van der Waals surface area contributed by atoms with E-state index in [4.69, 9.17) is 16.3 Å². The second-order valence-electron chi connectivity index (χ2n) is 7.96. The molecule has 1 saturated heterocycles. The monoisotopic (exact) mass is 479 g/mol. The van der Waals surface area contributed by atoms with Crippen LogP contribution in [0.4, 0.5) is 0 Å². The number of Topliss-reactive ketones (excluding diaryl/α,β-unsaturated/α-hetero) is 1. The highest BCUT2D eigenvalue weighted by atomic mass is 35.5. The molecule has 0 radical (unpaired) electrons. The van der Waals surface area contributed by atoms with Gasteiger partial charge in [-0.15, -0.1) is 0 Å². The van der Waals surface area contributed by atoms with Crippen LogP contribution in [0.1, 0.15) is 44.5 Å². The quantitative estimate of drug-likeness (QED) is 0.247. The van der Waals surface area contributed by atoms with Crippen molar-refractivity contribution in [3.05, 3.63) is 93.0 Å². The zero-order valence-corrected chi connectivity index (χ0v) is 19.5. The number of halogens is 1. The first-order valence-corrected chi connectivity index (χ1v) is 10.8. The van der Waals surface area contributed by atoms with E-state index in [0.29, 0.717) is 21.8 Å². The maximum Gasteiger partial charge on any atom is 0.354 e. The van der Waals surface area contributed by atoms with Crippen LogP contribution in [0.5, 0.6) is 0 Å². The number of benzene rings is 1. The molecule has 1 aromatic carbocycles. The van der Waals surface area contributed by atoms with Crippen LogP contribution in [0, 0.1) is 13.8 Å². The highest BCUT2D eigenvalue weighted by molar-refractivity contribution is 6.46. The molecule has 0 unspecified atom stereocenters. The summed E-state index contributed by atoms with van der Waals surface area (Å²) >= 11 is 6.22. The largest absolute Gasteiger partial charge is 0.507 e. The van der Waals surface area contributed by atoms with Crippen LogP contribution < -0.4 is 0 Å². The summed E-state index contributed by atoms with van der Waals surface area (Å²) in [6.07, 6.45) is 3.22. The van der Waals surface area contributed by atoms with Gasteiger partial charge in [0.1, 0.15) is 11.5 Å². The Labute approximate surface area is 200 Å². The summed E-state index contributed by atoms with van der Waals surface area (Å²) in [5.41, 5.74) is 2.49. The van der Waals surface area contributed by atoms with Crippen molar-refractivity contribution in [3.8, 4) is 0 Å². The van der Waals surface area contributed by atoms with E-state index in [9.17, 15) is 19.5 Å². The molecule has 1 aliphatic heterocycles. The predicted molar refractivity (Wildman–Crippen MR) is 125 cm³/mol. The molecule has 174 valence electrons. The number of ketones is 1. The molecule has 1 amide bonds. The van der Waals surface area contributed by atoms with Gasteiger partial charge in [-0.1, -0.05) is 29.8 Å². The molecule has 0 spiro atoms. The summed E-state index contributed by atoms with van der Waals surface area (Å²) in [5.74, 6) is -2.57. The minimum Gasteiger partial charge on any atom is -0.507 e. The van der Waals surface area contributed by atoms with Gasteiger partial charge in [0.2, 0.25) is 0 Å². The molecule has 1 aliphatic rings. The third kappa shape index (κ3) is 3.97. The Bertz CT molecular complexity index is 1330. The number of likely N-dealkylation sites (tertiary alicyclic amines) is 1. The standard InChI is InChI=1S/C25H22ClN3O5/c1-13-18(14(2)28-20(13)25(33)34-3)22(30)19-21(16-7-4-8-17(26)10-16)29(24(32)23(19)31)12-15-6-5-9-27-11-15/h4-11,21,28,30H,12H2,1-3H3/t21-/m1/s1. The van der Waals surface area contributed by atoms with Crippen LogP contribution in [0.15, 0.2) is 54.4 Å². The summed E-state index contributed by atoms with van der Waals surface area (Å²) in [7, 11) is 1.25. The van der Waals surface area contributed by atoms with Crippen LogP contribution in [0.2, 0.25) is 5.02 Å². The van der Waals surface area contributed by atoms with Crippen LogP contribution >= 0.6 is 11.6 Å². The number of aliphatic hydroxyl groups excluding tert-OH is 1. The number of nitrogens with zero attached hydrogens (tertiary/aromatic N) is 2. The van der Waals surface area contributed by atoms with E-state index in [-0.39, 0.29) is 29.1 Å². The summed E-state index contributed by atoms with van der Waals surface area (Å²) < 4.78 is 4.80. The van der Waals surface area contributed by atoms with Crippen molar-refractivity contribution in [2.75, 3.05) is 7.11 Å². The molecule has 2 N–H and O–H groups in total. The van der Waals surface area contributed by atoms with E-state index in [1.807, 2.05) is 0 Å². The molecule has 4 rings (SSSR count). The lowest BCUT2D eigenvalue weighted by atomic mass is 9.94. The Morgan fingerprint density at radius 2 is 2.00 bits per heavy atom. The summed E-state index contributed by atoms with van der Waals surface area (Å²) in [6.45, 7) is 3.39. The van der Waals surface area contributed by atoms with Crippen molar-refractivity contribution in [1.82, 2.24) is 14.9 Å². The fourth-order valence-corrected chi connectivity index (χ4v) is 4.50. The molecular formula is C25H22ClN3O5. The van der Waals surface area contributed by atoms with Crippen molar-refractivity contribution in [1.29, 1.82) is 0 Å². The lowest BCUT2D eigenvalue weighted by Gasteiger charge is -2.25. The first kappa shape index (κ1) is 23.3. The molecule has 3 aromatic rings. The SMILES string of the molecule is COC(=O)c1[nH]c(C)c(C(O)=C2C(=O)C(=O)N(Cc3cccnc3)[C@@H]2c2cccc(Cl)c2)c1C. The van der Waals surface area contributed by atoms with Gasteiger partial charge in [0.15, 0.2) is 0 Å². The first-order valence-electron chi connectivity index (χ1n) is 10.4. The topological polar surface area (TPSA) is 113 Å². The number of aliphatic hydroxyl groups is 1. The zero-order valence-electron chi connectivity index (χ0n) is 18.8. The van der Waals surface area contributed by atoms with Gasteiger partial charge in [0.25, 0.3) is 11.7 Å². The molecule has 0 aliphatic carbocycles. The number of aromatic amines is 1. The Morgan fingerprint density at radius 1 is 1.24 bits per heavy atom. The smallest absolute Gasteiger partial charge is 0.354 e. The van der Waals surface area contributed by atoms with Gasteiger partial charge < -0.3 is 19.7 Å². The van der Waals surface area contributed by atoms with Crippen molar-refractivity contribution < 1.29 is 24.2 Å². The van der Waals surface area contributed by atoms with Crippen molar-refractivity contribution in [2.45, 2.75) is 26.4 Å². The lowest BCUT2D eigenvalue weighted by molar-refractivity contribution is -0.140. The molecule has 34 heavy (non-hydrogen) atoms. The maximum atomic E-state index is 13.2. The molecule has 1 fully saturated rings. The second kappa shape index (κ2) is 9.15. The number of amides is 1. The number of H-pyrrole nitrogens is 1. The van der Waals surface area contributed by atoms with E-state index < -0.39 is 23.7 Å². The number of hydrogen-bond acceptors (Lipinski definition) is 6. The first-order chi connectivity index (χ1) is 16.2. The molecule has 8 nitrogen and oxygen atoms in total. The number of methoxy groups -OCH3 is 1. The molecule has 0 saturated carbocycles. The third-order valence-electron chi connectivity index (χ3n) is 5.84. The fraction of sp³-hybridized carbons (Fsp3) is 0.200. The summed E-state index contributed by atoms with van der Waals surface area (Å²) in [6, 6.07) is 9.42. The van der Waals surface area contributed by atoms with E-state index in [2.05, 4.69) is 9.97 Å². The normalized spacial score (nSPS) is 17.3. The van der Waals surface area contributed by atoms with Crippen molar-refractivity contribution >= 4 is 35.0 Å². The number of ether oxygens (including phenoxy) is 1. The van der Waals surface area contributed by atoms with E-state index in [1.54, 1.807) is 62.6 Å². The van der Waals surface area contributed by atoms with Crippen molar-refractivity contribution in [3.63, 3.8) is 0 Å². The van der Waals surface area contributed by atoms with Gasteiger partial charge in [-0.25, -0.2) is 4.79 Å². The lowest BCUT2D eigenvalue weighted by Crippen LogP contribution is -2.29. The van der Waals surface area contributed by atoms with Crippen LogP contribution in [-0.2, 0) is 20.9 Å². The van der Waals surface area contributed by atoms with Gasteiger partial charge in [0.05, 0.1) is 18.7 Å². The molecule has 2 aromatic heterocycles. The number of carbonyl (C=O) groups excluding carboxylic acids is 3. The van der Waals surface area contributed by atoms with Crippen LogP contribution in [0.3, 0.4) is 0 Å². The molecule has 1 atom stereocenters. The number of aromatic nitrogens is 2. The average molecular weight is 480 g/mol. The summed E-state index contributed by atoms with van der Waals surface area (Å²) in [4.78, 5) is 46.9. The Hall–Kier alpha value is -3.91. The minimum atomic E-state index is -0.894. The van der Waals surface area contributed by atoms with Crippen LogP contribution in [0.25, 0.3) is 5.76 Å². The number of nitrogens with one attached hydrogen (secondary N) is 1. The van der Waals surface area contributed by atoms with E-state index in [0.717, 1.165) is 5.56 Å². The number of hydrogen-bond donors (Lipinski definition) is 2. The Balaban J connectivity index is 1.92. The number of esters is 1. The average Bonchev–Trinajstić information content (AvgIpc) is 3.26. The highest BCUT2D eigenvalue weighted by Gasteiger charge is 2.46. The Kier molecular flexibility index (Phi) is 6.26. The molecule has 9 heteroatoms. The molecular weight excluding hydrogens is 458 g/mol. The van der Waals surface area contributed by atoms with Crippen LogP contribution in [-0.4, -0.2) is 44.7 Å². The maximum absolute atomic E-state index is 13.2. The van der Waals surface area contributed by atoms with Gasteiger partial charge in [0, 0.05) is 35.2 Å². The highest BCUT2D eigenvalue weighted by Crippen LogP contribution is 2.42. The minimum absolute atomic E-state index is 0.0854. The van der Waals surface area contributed by atoms with E-state index >= 15 is 0 Å². The molecule has 3 heterocycles. The summed E-state index contributed by atoms with van der Waals surface area (Å²) in [5, 5.41) is 11.8. The zero-order chi connectivity index (χ0) is 24.6. The predicted octanol–water partition coefficient (Wildman–Crippen LogP) is 4.09. The van der Waals surface area contributed by atoms with Crippen molar-refractivity contribution in [2.24, 2.45) is 0 Å². The van der Waals surface area contributed by atoms with Gasteiger partial charge in [-0.05, 0) is 48.7 Å². The Morgan fingerprint density at radius 3 is 2.65 bits per heavy atom. The number of carbonyl (C=O) groups is 3. The van der Waals surface area contributed by atoms with Gasteiger partial charge in [-0.3, -0.25) is 14.6 Å². The second-order valence-corrected chi connectivity index (χ2v) is 8.40.